The van der Waals surface area contributed by atoms with Crippen LogP contribution in [0.25, 0.3) is 0 Å². The molecule has 0 bridgehead atoms. The molecule has 1 aliphatic rings. The lowest BCUT2D eigenvalue weighted by atomic mass is 9.92. The summed E-state index contributed by atoms with van der Waals surface area (Å²) in [4.78, 5) is 3.65. The van der Waals surface area contributed by atoms with Crippen LogP contribution < -0.4 is 5.73 Å². The molecule has 0 saturated carbocycles. The maximum atomic E-state index is 10.1. The van der Waals surface area contributed by atoms with E-state index in [4.69, 9.17) is 5.73 Å². The number of likely N-dealkylation sites (tertiary alicyclic amines) is 1. The summed E-state index contributed by atoms with van der Waals surface area (Å²) in [6.45, 7) is 6.00. The number of aliphatic hydroxyl groups is 1. The van der Waals surface area contributed by atoms with Gasteiger partial charge in [0.15, 0.2) is 0 Å². The number of thiophene rings is 1. The number of β-amino-alcohol motifs (C(OH)–C–C–N with tert-alkyl or cyclic N) is 1. The Morgan fingerprint density at radius 1 is 1.63 bits per heavy atom. The van der Waals surface area contributed by atoms with E-state index in [0.29, 0.717) is 5.92 Å². The SMILES string of the molecule is CCC(N)C(c1cc(Br)cs1)N1CCC(C)C(O)C1. The minimum absolute atomic E-state index is 0.117. The van der Waals surface area contributed by atoms with E-state index in [-0.39, 0.29) is 18.2 Å². The van der Waals surface area contributed by atoms with Crippen molar-refractivity contribution in [1.29, 1.82) is 0 Å². The third-order valence-corrected chi connectivity index (χ3v) is 5.86. The number of nitrogens with two attached hydrogens (primary N) is 1. The molecule has 1 saturated heterocycles. The second kappa shape index (κ2) is 6.68. The molecule has 1 aliphatic heterocycles. The molecule has 0 spiro atoms. The molecule has 2 heterocycles. The quantitative estimate of drug-likeness (QED) is 0.880. The Labute approximate surface area is 127 Å². The van der Waals surface area contributed by atoms with Crippen molar-refractivity contribution >= 4 is 27.3 Å². The Kier molecular flexibility index (Phi) is 5.43. The van der Waals surface area contributed by atoms with E-state index in [9.17, 15) is 5.11 Å². The molecule has 19 heavy (non-hydrogen) atoms. The Balaban J connectivity index is 2.18. The lowest BCUT2D eigenvalue weighted by molar-refractivity contribution is 0.00470. The molecule has 0 amide bonds. The van der Waals surface area contributed by atoms with Crippen LogP contribution in [0, 0.1) is 5.92 Å². The van der Waals surface area contributed by atoms with Crippen LogP contribution in [0.5, 0.6) is 0 Å². The van der Waals surface area contributed by atoms with Crippen LogP contribution in [-0.4, -0.2) is 35.2 Å². The largest absolute Gasteiger partial charge is 0.392 e. The van der Waals surface area contributed by atoms with E-state index in [0.717, 1.165) is 30.4 Å². The topological polar surface area (TPSA) is 49.5 Å². The van der Waals surface area contributed by atoms with Gasteiger partial charge in [0.25, 0.3) is 0 Å². The average Bonchev–Trinajstić information content (AvgIpc) is 2.80. The summed E-state index contributed by atoms with van der Waals surface area (Å²) in [5.74, 6) is 0.393. The summed E-state index contributed by atoms with van der Waals surface area (Å²) in [6.07, 6.45) is 1.76. The fraction of sp³-hybridized carbons (Fsp3) is 0.714. The maximum absolute atomic E-state index is 10.1. The Bertz CT molecular complexity index is 412. The molecule has 4 atom stereocenters. The van der Waals surface area contributed by atoms with Crippen LogP contribution in [0.3, 0.4) is 0 Å². The van der Waals surface area contributed by atoms with Gasteiger partial charge in [0.2, 0.25) is 0 Å². The molecule has 5 heteroatoms. The first-order valence-corrected chi connectivity index (χ1v) is 8.61. The van der Waals surface area contributed by atoms with Gasteiger partial charge < -0.3 is 10.8 Å². The van der Waals surface area contributed by atoms with Gasteiger partial charge in [-0.2, -0.15) is 0 Å². The molecule has 2 rings (SSSR count). The fourth-order valence-corrected chi connectivity index (χ4v) is 4.35. The summed E-state index contributed by atoms with van der Waals surface area (Å²) < 4.78 is 1.12. The van der Waals surface area contributed by atoms with Gasteiger partial charge in [-0.25, -0.2) is 0 Å². The third kappa shape index (κ3) is 3.58. The van der Waals surface area contributed by atoms with E-state index in [2.05, 4.69) is 46.1 Å². The van der Waals surface area contributed by atoms with Gasteiger partial charge in [0.05, 0.1) is 12.1 Å². The average molecular weight is 347 g/mol. The molecule has 0 aromatic carbocycles. The van der Waals surface area contributed by atoms with Crippen LogP contribution in [0.15, 0.2) is 15.9 Å². The van der Waals surface area contributed by atoms with Crippen LogP contribution in [0.4, 0.5) is 0 Å². The molecular formula is C14H23BrN2OS. The summed E-state index contributed by atoms with van der Waals surface area (Å²) in [6, 6.07) is 2.50. The zero-order chi connectivity index (χ0) is 14.0. The van der Waals surface area contributed by atoms with Gasteiger partial charge in [-0.1, -0.05) is 13.8 Å². The van der Waals surface area contributed by atoms with Crippen molar-refractivity contribution in [3.05, 3.63) is 20.8 Å². The molecule has 4 unspecified atom stereocenters. The highest BCUT2D eigenvalue weighted by molar-refractivity contribution is 9.10. The molecule has 1 aromatic rings. The standard InChI is InChI=1S/C14H23BrN2OS/c1-3-11(16)14(13-6-10(15)8-19-13)17-5-4-9(2)12(18)7-17/h6,8-9,11-12,14,18H,3-5,7,16H2,1-2H3. The van der Waals surface area contributed by atoms with Gasteiger partial charge in [-0.15, -0.1) is 11.3 Å². The summed E-state index contributed by atoms with van der Waals surface area (Å²) in [5.41, 5.74) is 6.34. The molecule has 108 valence electrons. The lowest BCUT2D eigenvalue weighted by Crippen LogP contribution is -2.49. The van der Waals surface area contributed by atoms with Gasteiger partial charge in [0.1, 0.15) is 0 Å². The van der Waals surface area contributed by atoms with Crippen molar-refractivity contribution < 1.29 is 5.11 Å². The van der Waals surface area contributed by atoms with E-state index in [1.165, 1.54) is 4.88 Å². The predicted octanol–water partition coefficient (Wildman–Crippen LogP) is 2.99. The van der Waals surface area contributed by atoms with E-state index < -0.39 is 0 Å². The van der Waals surface area contributed by atoms with Gasteiger partial charge in [0, 0.05) is 27.3 Å². The highest BCUT2D eigenvalue weighted by Gasteiger charge is 2.33. The van der Waals surface area contributed by atoms with Crippen molar-refractivity contribution in [2.75, 3.05) is 13.1 Å². The van der Waals surface area contributed by atoms with E-state index >= 15 is 0 Å². The normalized spacial score (nSPS) is 28.3. The van der Waals surface area contributed by atoms with Crippen molar-refractivity contribution in [3.63, 3.8) is 0 Å². The number of hydrogen-bond acceptors (Lipinski definition) is 4. The van der Waals surface area contributed by atoms with Gasteiger partial charge >= 0.3 is 0 Å². The Hall–Kier alpha value is 0.0600. The molecule has 1 aromatic heterocycles. The van der Waals surface area contributed by atoms with E-state index in [1.807, 2.05) is 0 Å². The van der Waals surface area contributed by atoms with Gasteiger partial charge in [-0.3, -0.25) is 4.90 Å². The molecule has 0 radical (unpaired) electrons. The summed E-state index contributed by atoms with van der Waals surface area (Å²) >= 11 is 5.27. The Morgan fingerprint density at radius 2 is 2.37 bits per heavy atom. The van der Waals surface area contributed by atoms with Crippen LogP contribution >= 0.6 is 27.3 Å². The first kappa shape index (κ1) is 15.4. The zero-order valence-corrected chi connectivity index (χ0v) is 14.0. The number of hydrogen-bond donors (Lipinski definition) is 2. The second-order valence-electron chi connectivity index (χ2n) is 5.51. The van der Waals surface area contributed by atoms with Crippen molar-refractivity contribution in [2.45, 2.75) is 44.9 Å². The molecule has 3 nitrogen and oxygen atoms in total. The Morgan fingerprint density at radius 3 is 2.89 bits per heavy atom. The highest BCUT2D eigenvalue weighted by Crippen LogP contribution is 2.34. The van der Waals surface area contributed by atoms with Gasteiger partial charge in [-0.05, 0) is 47.3 Å². The number of rotatable bonds is 4. The van der Waals surface area contributed by atoms with Crippen LogP contribution in [0.1, 0.15) is 37.6 Å². The summed E-state index contributed by atoms with van der Waals surface area (Å²) in [7, 11) is 0. The van der Waals surface area contributed by atoms with E-state index in [1.54, 1.807) is 11.3 Å². The van der Waals surface area contributed by atoms with Crippen molar-refractivity contribution in [3.8, 4) is 0 Å². The smallest absolute Gasteiger partial charge is 0.0693 e. The number of aliphatic hydroxyl groups excluding tert-OH is 1. The first-order chi connectivity index (χ1) is 9.02. The molecule has 1 fully saturated rings. The minimum atomic E-state index is -0.233. The maximum Gasteiger partial charge on any atom is 0.0693 e. The summed E-state index contributed by atoms with van der Waals surface area (Å²) in [5, 5.41) is 12.2. The fourth-order valence-electron chi connectivity index (χ4n) is 2.69. The number of nitrogens with zero attached hydrogens (tertiary/aromatic N) is 1. The molecule has 3 N–H and O–H groups in total. The predicted molar refractivity (Wildman–Crippen MR) is 84.4 cm³/mol. The van der Waals surface area contributed by atoms with Crippen LogP contribution in [-0.2, 0) is 0 Å². The lowest BCUT2D eigenvalue weighted by Gasteiger charge is -2.41. The third-order valence-electron chi connectivity index (χ3n) is 4.10. The number of halogens is 1. The number of piperidine rings is 1. The second-order valence-corrected chi connectivity index (χ2v) is 7.37. The van der Waals surface area contributed by atoms with Crippen molar-refractivity contribution in [1.82, 2.24) is 4.90 Å². The van der Waals surface area contributed by atoms with Crippen molar-refractivity contribution in [2.24, 2.45) is 11.7 Å². The zero-order valence-electron chi connectivity index (χ0n) is 11.6. The minimum Gasteiger partial charge on any atom is -0.392 e. The van der Waals surface area contributed by atoms with Crippen LogP contribution in [0.2, 0.25) is 0 Å². The first-order valence-electron chi connectivity index (χ1n) is 6.94. The highest BCUT2D eigenvalue weighted by atomic mass is 79.9. The molecular weight excluding hydrogens is 324 g/mol. The monoisotopic (exact) mass is 346 g/mol. The molecule has 0 aliphatic carbocycles.